The van der Waals surface area contributed by atoms with Crippen LogP contribution in [-0.4, -0.2) is 22.3 Å². The zero-order valence-corrected chi connectivity index (χ0v) is 15.2. The second kappa shape index (κ2) is 6.93. The van der Waals surface area contributed by atoms with Crippen molar-refractivity contribution in [2.45, 2.75) is 32.2 Å². The highest BCUT2D eigenvalue weighted by atomic mass is 79.9. The van der Waals surface area contributed by atoms with E-state index in [-0.39, 0.29) is 11.3 Å². The van der Waals surface area contributed by atoms with E-state index in [0.717, 1.165) is 11.4 Å². The molecule has 1 aliphatic rings. The van der Waals surface area contributed by atoms with Gasteiger partial charge in [-0.15, -0.1) is 0 Å². The van der Waals surface area contributed by atoms with Crippen LogP contribution in [0.4, 0.5) is 4.39 Å². The number of nitrogens with one attached hydrogen (secondary N) is 1. The van der Waals surface area contributed by atoms with Crippen LogP contribution in [0, 0.1) is 5.82 Å². The van der Waals surface area contributed by atoms with Crippen LogP contribution in [0.5, 0.6) is 5.75 Å². The Hall–Kier alpha value is -1.89. The molecule has 0 bridgehead atoms. The van der Waals surface area contributed by atoms with Crippen LogP contribution in [0.3, 0.4) is 0 Å². The summed E-state index contributed by atoms with van der Waals surface area (Å²) >= 11 is 3.23. The minimum Gasteiger partial charge on any atom is -0.491 e. The number of amides is 1. The molecule has 24 heavy (non-hydrogen) atoms. The van der Waals surface area contributed by atoms with Gasteiger partial charge in [0, 0.05) is 17.4 Å². The van der Waals surface area contributed by atoms with Crippen LogP contribution < -0.4 is 10.1 Å². The fourth-order valence-electron chi connectivity index (χ4n) is 2.54. The van der Waals surface area contributed by atoms with Gasteiger partial charge >= 0.3 is 0 Å². The smallest absolute Gasteiger partial charge is 0.255 e. The molecule has 0 aliphatic heterocycles. The van der Waals surface area contributed by atoms with Gasteiger partial charge in [0.1, 0.15) is 0 Å². The number of ether oxygens (including phenoxy) is 1. The topological polar surface area (TPSA) is 56.1 Å². The summed E-state index contributed by atoms with van der Waals surface area (Å²) in [6, 6.07) is 5.11. The molecule has 1 amide bonds. The van der Waals surface area contributed by atoms with Gasteiger partial charge in [0.2, 0.25) is 0 Å². The minimum atomic E-state index is -0.660. The Balaban J connectivity index is 1.74. The van der Waals surface area contributed by atoms with E-state index in [0.29, 0.717) is 23.5 Å². The van der Waals surface area contributed by atoms with Crippen LogP contribution in [0.25, 0.3) is 0 Å². The second-order valence-electron chi connectivity index (χ2n) is 5.81. The van der Waals surface area contributed by atoms with Gasteiger partial charge in [0.25, 0.3) is 5.91 Å². The van der Waals surface area contributed by atoms with Gasteiger partial charge in [-0.05, 0) is 53.9 Å². The summed E-state index contributed by atoms with van der Waals surface area (Å²) < 4.78 is 21.8. The lowest BCUT2D eigenvalue weighted by atomic mass is 10.2. The highest BCUT2D eigenvalue weighted by Crippen LogP contribution is 2.39. The third-order valence-electron chi connectivity index (χ3n) is 4.00. The maximum Gasteiger partial charge on any atom is 0.255 e. The lowest BCUT2D eigenvalue weighted by Gasteiger charge is -2.11. The fourth-order valence-corrected chi connectivity index (χ4v) is 3.03. The molecule has 1 aliphatic carbocycles. The van der Waals surface area contributed by atoms with Gasteiger partial charge in [-0.1, -0.05) is 0 Å². The highest BCUT2D eigenvalue weighted by molar-refractivity contribution is 9.10. The molecule has 5 nitrogen and oxygen atoms in total. The first-order chi connectivity index (χ1) is 11.5. The predicted octanol–water partition coefficient (Wildman–Crippen LogP) is 3.53. The number of carbonyl (C=O) groups is 1. The van der Waals surface area contributed by atoms with Crippen molar-refractivity contribution in [3.63, 3.8) is 0 Å². The molecule has 0 unspecified atom stereocenters. The van der Waals surface area contributed by atoms with Gasteiger partial charge in [-0.2, -0.15) is 5.10 Å². The van der Waals surface area contributed by atoms with E-state index in [2.05, 4.69) is 26.3 Å². The number of aryl methyl sites for hydroxylation is 1. The van der Waals surface area contributed by atoms with Crippen molar-refractivity contribution in [1.29, 1.82) is 0 Å². The first-order valence-electron chi connectivity index (χ1n) is 7.93. The summed E-state index contributed by atoms with van der Waals surface area (Å²) in [5.74, 6) is -0.528. The van der Waals surface area contributed by atoms with E-state index in [1.165, 1.54) is 18.9 Å². The van der Waals surface area contributed by atoms with Crippen molar-refractivity contribution >= 4 is 21.8 Å². The first kappa shape index (κ1) is 17.0. The molecule has 128 valence electrons. The van der Waals surface area contributed by atoms with Gasteiger partial charge in [-0.25, -0.2) is 4.39 Å². The van der Waals surface area contributed by atoms with E-state index in [1.807, 2.05) is 13.1 Å². The van der Waals surface area contributed by atoms with Crippen molar-refractivity contribution in [3.05, 3.63) is 45.4 Å². The first-order valence-corrected chi connectivity index (χ1v) is 8.72. The van der Waals surface area contributed by atoms with Gasteiger partial charge in [0.15, 0.2) is 11.6 Å². The second-order valence-corrected chi connectivity index (χ2v) is 6.66. The van der Waals surface area contributed by atoms with E-state index in [9.17, 15) is 9.18 Å². The Kier molecular flexibility index (Phi) is 4.89. The van der Waals surface area contributed by atoms with Gasteiger partial charge < -0.3 is 10.1 Å². The largest absolute Gasteiger partial charge is 0.491 e. The zero-order valence-electron chi connectivity index (χ0n) is 13.6. The highest BCUT2D eigenvalue weighted by Gasteiger charge is 2.27. The van der Waals surface area contributed by atoms with Crippen LogP contribution in [0.15, 0.2) is 22.7 Å². The Labute approximate surface area is 148 Å². The molecule has 3 rings (SSSR count). The molecule has 0 radical (unpaired) electrons. The van der Waals surface area contributed by atoms with E-state index >= 15 is 0 Å². The lowest BCUT2D eigenvalue weighted by Crippen LogP contribution is -2.25. The summed E-state index contributed by atoms with van der Waals surface area (Å²) in [4.78, 5) is 12.4. The molecule has 1 aromatic heterocycles. The molecule has 2 aromatic rings. The van der Waals surface area contributed by atoms with Crippen molar-refractivity contribution in [3.8, 4) is 5.75 Å². The van der Waals surface area contributed by atoms with Crippen LogP contribution >= 0.6 is 15.9 Å². The quantitative estimate of drug-likeness (QED) is 0.813. The average Bonchev–Trinajstić information content (AvgIpc) is 3.32. The monoisotopic (exact) mass is 395 g/mol. The summed E-state index contributed by atoms with van der Waals surface area (Å²) in [6.07, 6.45) is 2.34. The summed E-state index contributed by atoms with van der Waals surface area (Å²) in [6.45, 7) is 2.39. The van der Waals surface area contributed by atoms with Crippen molar-refractivity contribution in [2.75, 3.05) is 6.61 Å². The molecular weight excluding hydrogens is 377 g/mol. The zero-order chi connectivity index (χ0) is 17.3. The predicted molar refractivity (Wildman–Crippen MR) is 91.6 cm³/mol. The standard InChI is InChI=1S/C17H19BrFN3O2/c1-3-24-14-7-6-12(18)15(16(14)19)17(23)20-9-11-8-13(10-4-5-10)21-22(11)2/h6-8,10H,3-5,9H2,1-2H3,(H,20,23). The lowest BCUT2D eigenvalue weighted by molar-refractivity contribution is 0.0944. The number of hydrogen-bond acceptors (Lipinski definition) is 3. The minimum absolute atomic E-state index is 0.0504. The maximum atomic E-state index is 14.5. The maximum absolute atomic E-state index is 14.5. The summed E-state index contributed by atoms with van der Waals surface area (Å²) in [5, 5.41) is 7.21. The number of halogens is 2. The summed E-state index contributed by atoms with van der Waals surface area (Å²) in [5.41, 5.74) is 1.90. The number of carbonyl (C=O) groups excluding carboxylic acids is 1. The molecule has 1 fully saturated rings. The number of benzene rings is 1. The molecule has 1 aromatic carbocycles. The van der Waals surface area contributed by atoms with E-state index < -0.39 is 11.7 Å². The Morgan fingerprint density at radius 2 is 2.25 bits per heavy atom. The molecular formula is C17H19BrFN3O2. The van der Waals surface area contributed by atoms with Crippen LogP contribution in [0.2, 0.25) is 0 Å². The number of nitrogens with zero attached hydrogens (tertiary/aromatic N) is 2. The average molecular weight is 396 g/mol. The Morgan fingerprint density at radius 1 is 1.50 bits per heavy atom. The summed E-state index contributed by atoms with van der Waals surface area (Å²) in [7, 11) is 1.85. The molecule has 1 N–H and O–H groups in total. The number of hydrogen-bond donors (Lipinski definition) is 1. The van der Waals surface area contributed by atoms with Crippen LogP contribution in [0.1, 0.15) is 47.4 Å². The van der Waals surface area contributed by atoms with Gasteiger partial charge in [0.05, 0.1) is 30.1 Å². The van der Waals surface area contributed by atoms with Crippen molar-refractivity contribution < 1.29 is 13.9 Å². The Bertz CT molecular complexity index is 771. The van der Waals surface area contributed by atoms with Gasteiger partial charge in [-0.3, -0.25) is 9.48 Å². The molecule has 0 saturated heterocycles. The number of aromatic nitrogens is 2. The third-order valence-corrected chi connectivity index (χ3v) is 4.66. The molecule has 0 spiro atoms. The molecule has 7 heteroatoms. The van der Waals surface area contributed by atoms with E-state index in [1.54, 1.807) is 17.7 Å². The molecule has 0 atom stereocenters. The Morgan fingerprint density at radius 3 is 2.92 bits per heavy atom. The van der Waals surface area contributed by atoms with Crippen LogP contribution in [-0.2, 0) is 13.6 Å². The third kappa shape index (κ3) is 3.45. The SMILES string of the molecule is CCOc1ccc(Br)c(C(=O)NCc2cc(C3CC3)nn2C)c1F. The number of rotatable bonds is 6. The molecule has 1 saturated carbocycles. The van der Waals surface area contributed by atoms with E-state index in [4.69, 9.17) is 4.74 Å². The normalized spacial score (nSPS) is 13.8. The fraction of sp³-hybridized carbons (Fsp3) is 0.412. The van der Waals surface area contributed by atoms with Crippen molar-refractivity contribution in [2.24, 2.45) is 7.05 Å². The molecule has 1 heterocycles. The van der Waals surface area contributed by atoms with Crippen molar-refractivity contribution in [1.82, 2.24) is 15.1 Å².